The number of phenols is 1. The van der Waals surface area contributed by atoms with Gasteiger partial charge in [-0.25, -0.2) is 0 Å². The minimum Gasteiger partial charge on any atom is -0.506 e. The number of benzene rings is 3. The molecule has 3 N–H and O–H groups in total. The first-order valence-corrected chi connectivity index (χ1v) is 9.76. The molecule has 0 atom stereocenters. The van der Waals surface area contributed by atoms with Crippen molar-refractivity contribution in [2.75, 3.05) is 23.7 Å². The molecule has 0 saturated carbocycles. The summed E-state index contributed by atoms with van der Waals surface area (Å²) in [5.74, 6) is -0.257. The molecule has 2 heterocycles. The van der Waals surface area contributed by atoms with Crippen molar-refractivity contribution >= 4 is 34.0 Å². The molecule has 1 fully saturated rings. The molecule has 0 bridgehead atoms. The van der Waals surface area contributed by atoms with Crippen LogP contribution in [0.4, 0.5) is 11.4 Å². The maximum atomic E-state index is 13.1. The van der Waals surface area contributed by atoms with Gasteiger partial charge in [-0.15, -0.1) is 0 Å². The van der Waals surface area contributed by atoms with Gasteiger partial charge in [-0.2, -0.15) is 0 Å². The fourth-order valence-electron chi connectivity index (χ4n) is 4.30. The molecule has 146 valence electrons. The SMILES string of the molecule is O=C(c1ccc2ccccc2c1O)N1CCC2(CC1)Nc1ccccc1NC2=O. The fourth-order valence-corrected chi connectivity index (χ4v) is 4.30. The molecule has 0 aliphatic carbocycles. The number of nitrogens with one attached hydrogen (secondary N) is 2. The van der Waals surface area contributed by atoms with Gasteiger partial charge in [0, 0.05) is 18.5 Å². The molecular formula is C23H21N3O3. The Morgan fingerprint density at radius 1 is 0.931 bits per heavy atom. The van der Waals surface area contributed by atoms with Gasteiger partial charge in [0.1, 0.15) is 11.3 Å². The number of para-hydroxylation sites is 2. The average Bonchev–Trinajstić information content (AvgIpc) is 2.75. The summed E-state index contributed by atoms with van der Waals surface area (Å²) < 4.78 is 0. The van der Waals surface area contributed by atoms with E-state index in [1.54, 1.807) is 17.0 Å². The van der Waals surface area contributed by atoms with E-state index in [0.717, 1.165) is 16.8 Å². The van der Waals surface area contributed by atoms with Crippen LogP contribution < -0.4 is 10.6 Å². The van der Waals surface area contributed by atoms with Crippen LogP contribution in [0.3, 0.4) is 0 Å². The summed E-state index contributed by atoms with van der Waals surface area (Å²) in [6.07, 6.45) is 1.01. The number of phenolic OH excluding ortho intramolecular Hbond substituents is 1. The van der Waals surface area contributed by atoms with E-state index in [0.29, 0.717) is 36.9 Å². The van der Waals surface area contributed by atoms with Gasteiger partial charge in [0.15, 0.2) is 0 Å². The number of aromatic hydroxyl groups is 1. The number of likely N-dealkylation sites (tertiary alicyclic amines) is 1. The van der Waals surface area contributed by atoms with E-state index in [2.05, 4.69) is 10.6 Å². The zero-order chi connectivity index (χ0) is 20.0. The number of carbonyl (C=O) groups is 2. The highest BCUT2D eigenvalue weighted by molar-refractivity contribution is 6.07. The summed E-state index contributed by atoms with van der Waals surface area (Å²) in [6, 6.07) is 18.6. The van der Waals surface area contributed by atoms with Crippen molar-refractivity contribution in [3.63, 3.8) is 0 Å². The highest BCUT2D eigenvalue weighted by atomic mass is 16.3. The number of amides is 2. The van der Waals surface area contributed by atoms with Gasteiger partial charge in [0.25, 0.3) is 5.91 Å². The zero-order valence-corrected chi connectivity index (χ0v) is 15.8. The Bertz CT molecular complexity index is 1130. The van der Waals surface area contributed by atoms with E-state index in [-0.39, 0.29) is 17.6 Å². The van der Waals surface area contributed by atoms with Gasteiger partial charge >= 0.3 is 0 Å². The lowest BCUT2D eigenvalue weighted by atomic mass is 9.84. The minimum atomic E-state index is -0.712. The van der Waals surface area contributed by atoms with E-state index in [1.807, 2.05) is 48.5 Å². The standard InChI is InChI=1S/C23H21N3O3/c27-20-16-6-2-1-5-15(16)9-10-17(20)21(28)26-13-11-23(12-14-26)22(29)24-18-7-3-4-8-19(18)25-23/h1-10,25,27H,11-14H2,(H,24,29). The van der Waals surface area contributed by atoms with Crippen LogP contribution in [-0.4, -0.2) is 40.4 Å². The summed E-state index contributed by atoms with van der Waals surface area (Å²) in [6.45, 7) is 0.876. The third-order valence-corrected chi connectivity index (χ3v) is 6.02. The maximum absolute atomic E-state index is 13.1. The summed E-state index contributed by atoms with van der Waals surface area (Å²) in [5.41, 5.74) is 1.27. The Hall–Kier alpha value is -3.54. The molecule has 0 radical (unpaired) electrons. The van der Waals surface area contributed by atoms with E-state index in [9.17, 15) is 14.7 Å². The molecule has 6 nitrogen and oxygen atoms in total. The number of anilines is 2. The van der Waals surface area contributed by atoms with Crippen molar-refractivity contribution in [3.8, 4) is 5.75 Å². The highest BCUT2D eigenvalue weighted by Crippen LogP contribution is 2.37. The third-order valence-electron chi connectivity index (χ3n) is 6.02. The van der Waals surface area contributed by atoms with Crippen LogP contribution in [0.15, 0.2) is 60.7 Å². The van der Waals surface area contributed by atoms with Crippen LogP contribution >= 0.6 is 0 Å². The normalized spacial score (nSPS) is 17.5. The second kappa shape index (κ2) is 6.51. The summed E-state index contributed by atoms with van der Waals surface area (Å²) >= 11 is 0. The van der Waals surface area contributed by atoms with Gasteiger partial charge in [-0.3, -0.25) is 9.59 Å². The van der Waals surface area contributed by atoms with Gasteiger partial charge in [-0.1, -0.05) is 42.5 Å². The number of rotatable bonds is 1. The van der Waals surface area contributed by atoms with Crippen molar-refractivity contribution in [2.24, 2.45) is 0 Å². The lowest BCUT2D eigenvalue weighted by Gasteiger charge is -2.44. The molecule has 1 spiro atoms. The van der Waals surface area contributed by atoms with Crippen molar-refractivity contribution < 1.29 is 14.7 Å². The van der Waals surface area contributed by atoms with Gasteiger partial charge in [0.2, 0.25) is 5.91 Å². The van der Waals surface area contributed by atoms with E-state index < -0.39 is 5.54 Å². The van der Waals surface area contributed by atoms with E-state index >= 15 is 0 Å². The molecule has 5 rings (SSSR count). The maximum Gasteiger partial charge on any atom is 0.257 e. The smallest absolute Gasteiger partial charge is 0.257 e. The fraction of sp³-hybridized carbons (Fsp3) is 0.217. The molecule has 3 aromatic carbocycles. The van der Waals surface area contributed by atoms with Crippen LogP contribution in [0.5, 0.6) is 5.75 Å². The summed E-state index contributed by atoms with van der Waals surface area (Å²) in [7, 11) is 0. The largest absolute Gasteiger partial charge is 0.506 e. The third kappa shape index (κ3) is 2.79. The first-order valence-electron chi connectivity index (χ1n) is 9.76. The minimum absolute atomic E-state index is 0.0100. The van der Waals surface area contributed by atoms with Crippen molar-refractivity contribution in [1.29, 1.82) is 0 Å². The van der Waals surface area contributed by atoms with E-state index in [4.69, 9.17) is 0 Å². The molecule has 2 aliphatic rings. The van der Waals surface area contributed by atoms with E-state index in [1.165, 1.54) is 0 Å². The van der Waals surface area contributed by atoms with Gasteiger partial charge < -0.3 is 20.6 Å². The molecule has 0 aromatic heterocycles. The first kappa shape index (κ1) is 17.6. The first-order chi connectivity index (χ1) is 14.1. The molecule has 2 amide bonds. The topological polar surface area (TPSA) is 81.7 Å². The number of nitrogens with zero attached hydrogens (tertiary/aromatic N) is 1. The molecule has 0 unspecified atom stereocenters. The van der Waals surface area contributed by atoms with Crippen LogP contribution in [-0.2, 0) is 4.79 Å². The second-order valence-corrected chi connectivity index (χ2v) is 7.68. The van der Waals surface area contributed by atoms with Crippen LogP contribution in [0.1, 0.15) is 23.2 Å². The Balaban J connectivity index is 1.37. The predicted molar refractivity (Wildman–Crippen MR) is 112 cm³/mol. The monoisotopic (exact) mass is 387 g/mol. The van der Waals surface area contributed by atoms with Crippen molar-refractivity contribution in [1.82, 2.24) is 4.90 Å². The summed E-state index contributed by atoms with van der Waals surface area (Å²) in [4.78, 5) is 27.5. The highest BCUT2D eigenvalue weighted by Gasteiger charge is 2.45. The quantitative estimate of drug-likeness (QED) is 0.596. The predicted octanol–water partition coefficient (Wildman–Crippen LogP) is 3.58. The molecule has 29 heavy (non-hydrogen) atoms. The number of carbonyl (C=O) groups excluding carboxylic acids is 2. The molecule has 1 saturated heterocycles. The molecular weight excluding hydrogens is 366 g/mol. The molecule has 6 heteroatoms. The van der Waals surface area contributed by atoms with Gasteiger partial charge in [-0.05, 0) is 36.4 Å². The van der Waals surface area contributed by atoms with Crippen LogP contribution in [0.2, 0.25) is 0 Å². The average molecular weight is 387 g/mol. The molecule has 3 aromatic rings. The number of hydrogen-bond acceptors (Lipinski definition) is 4. The Kier molecular flexibility index (Phi) is 3.94. The lowest BCUT2D eigenvalue weighted by Crippen LogP contribution is -2.59. The Morgan fingerprint density at radius 2 is 1.62 bits per heavy atom. The van der Waals surface area contributed by atoms with Crippen LogP contribution in [0, 0.1) is 0 Å². The number of hydrogen-bond donors (Lipinski definition) is 3. The van der Waals surface area contributed by atoms with Crippen LogP contribution in [0.25, 0.3) is 10.8 Å². The Labute approximate surface area is 168 Å². The summed E-state index contributed by atoms with van der Waals surface area (Å²) in [5, 5.41) is 18.6. The van der Waals surface area contributed by atoms with Crippen molar-refractivity contribution in [3.05, 3.63) is 66.2 Å². The number of piperidine rings is 1. The van der Waals surface area contributed by atoms with Gasteiger partial charge in [0.05, 0.1) is 16.9 Å². The van der Waals surface area contributed by atoms with Crippen molar-refractivity contribution in [2.45, 2.75) is 18.4 Å². The lowest BCUT2D eigenvalue weighted by molar-refractivity contribution is -0.122. The second-order valence-electron chi connectivity index (χ2n) is 7.68. The zero-order valence-electron chi connectivity index (χ0n) is 15.8. The number of fused-ring (bicyclic) bond motifs is 2. The molecule has 2 aliphatic heterocycles. The Morgan fingerprint density at radius 3 is 2.41 bits per heavy atom.